The fourth-order valence-electron chi connectivity index (χ4n) is 3.66. The summed E-state index contributed by atoms with van der Waals surface area (Å²) < 4.78 is 102. The molecule has 0 saturated carbocycles. The molecule has 0 radical (unpaired) electrons. The molecule has 0 aliphatic carbocycles. The fraction of sp³-hybridized carbons (Fsp3) is 0.120. The van der Waals surface area contributed by atoms with Crippen LogP contribution >= 0.6 is 0 Å². The maximum atomic E-state index is 14.9. The third-order valence-electron chi connectivity index (χ3n) is 5.15. The first-order chi connectivity index (χ1) is 15.6. The van der Waals surface area contributed by atoms with Crippen LogP contribution < -0.4 is 4.74 Å². The molecule has 0 aromatic heterocycles. The van der Waals surface area contributed by atoms with Gasteiger partial charge in [-0.15, -0.1) is 0 Å². The van der Waals surface area contributed by atoms with E-state index in [9.17, 15) is 30.7 Å². The Morgan fingerprint density at radius 1 is 0.727 bits per heavy atom. The van der Waals surface area contributed by atoms with E-state index in [4.69, 9.17) is 4.74 Å². The molecule has 0 aliphatic heterocycles. The second kappa shape index (κ2) is 8.42. The third kappa shape index (κ3) is 4.25. The summed E-state index contributed by atoms with van der Waals surface area (Å²) in [6, 6.07) is 11.0. The molecular formula is C25H15F7O. The molecule has 4 aromatic rings. The first-order valence-electron chi connectivity index (χ1n) is 9.81. The maximum Gasteiger partial charge on any atom is 0.419 e. The Hall–Kier alpha value is -3.55. The lowest BCUT2D eigenvalue weighted by Gasteiger charge is -2.12. The van der Waals surface area contributed by atoms with Gasteiger partial charge in [0, 0.05) is 23.1 Å². The van der Waals surface area contributed by atoms with Gasteiger partial charge in [0.15, 0.2) is 0 Å². The molecule has 0 heterocycles. The van der Waals surface area contributed by atoms with Gasteiger partial charge in [-0.25, -0.2) is 17.6 Å². The Bertz CT molecular complexity index is 1340. The van der Waals surface area contributed by atoms with Gasteiger partial charge < -0.3 is 4.74 Å². The van der Waals surface area contributed by atoms with E-state index in [1.165, 1.54) is 24.3 Å². The van der Waals surface area contributed by atoms with Crippen LogP contribution in [0.1, 0.15) is 12.5 Å². The molecule has 33 heavy (non-hydrogen) atoms. The highest BCUT2D eigenvalue weighted by molar-refractivity contribution is 5.89. The Balaban J connectivity index is 1.75. The van der Waals surface area contributed by atoms with Crippen molar-refractivity contribution in [1.82, 2.24) is 0 Å². The van der Waals surface area contributed by atoms with Crippen molar-refractivity contribution in [3.8, 4) is 28.0 Å². The monoisotopic (exact) mass is 464 g/mol. The van der Waals surface area contributed by atoms with Crippen LogP contribution in [0.2, 0.25) is 0 Å². The van der Waals surface area contributed by atoms with Crippen molar-refractivity contribution in [2.75, 3.05) is 6.61 Å². The summed E-state index contributed by atoms with van der Waals surface area (Å²) in [4.78, 5) is 0. The van der Waals surface area contributed by atoms with Crippen LogP contribution in [-0.4, -0.2) is 6.61 Å². The van der Waals surface area contributed by atoms with Crippen molar-refractivity contribution in [1.29, 1.82) is 0 Å². The number of fused-ring (bicyclic) bond motifs is 1. The smallest absolute Gasteiger partial charge is 0.419 e. The molecule has 0 saturated heterocycles. The molecular weight excluding hydrogens is 449 g/mol. The molecule has 0 bridgehead atoms. The number of ether oxygens (including phenoxy) is 1. The quantitative estimate of drug-likeness (QED) is 0.277. The molecule has 8 heteroatoms. The minimum atomic E-state index is -4.84. The van der Waals surface area contributed by atoms with Crippen molar-refractivity contribution in [3.63, 3.8) is 0 Å². The zero-order chi connectivity index (χ0) is 23.9. The molecule has 0 N–H and O–H groups in total. The fourth-order valence-corrected chi connectivity index (χ4v) is 3.66. The van der Waals surface area contributed by atoms with Crippen molar-refractivity contribution in [2.24, 2.45) is 0 Å². The van der Waals surface area contributed by atoms with Crippen molar-refractivity contribution >= 4 is 10.8 Å². The molecule has 0 fully saturated rings. The lowest BCUT2D eigenvalue weighted by Crippen LogP contribution is -2.08. The van der Waals surface area contributed by atoms with Crippen LogP contribution in [0.25, 0.3) is 33.0 Å². The molecule has 0 unspecified atom stereocenters. The number of halogens is 7. The Labute approximate surface area is 184 Å². The zero-order valence-electron chi connectivity index (χ0n) is 17.0. The Kier molecular flexibility index (Phi) is 5.78. The lowest BCUT2D eigenvalue weighted by molar-refractivity contribution is -0.139. The Morgan fingerprint density at radius 3 is 2.00 bits per heavy atom. The maximum absolute atomic E-state index is 14.9. The average molecular weight is 464 g/mol. The molecule has 0 amide bonds. The largest absolute Gasteiger partial charge is 0.494 e. The summed E-state index contributed by atoms with van der Waals surface area (Å²) in [7, 11) is 0. The van der Waals surface area contributed by atoms with Crippen molar-refractivity contribution in [2.45, 2.75) is 13.1 Å². The second-order valence-corrected chi connectivity index (χ2v) is 7.25. The first kappa shape index (κ1) is 22.6. The predicted octanol–water partition coefficient (Wildman–Crippen LogP) is 8.15. The van der Waals surface area contributed by atoms with Gasteiger partial charge in [-0.2, -0.15) is 13.2 Å². The number of alkyl halides is 3. The molecule has 170 valence electrons. The summed E-state index contributed by atoms with van der Waals surface area (Å²) >= 11 is 0. The van der Waals surface area contributed by atoms with Crippen LogP contribution in [0.5, 0.6) is 5.75 Å². The van der Waals surface area contributed by atoms with Crippen LogP contribution in [0.3, 0.4) is 0 Å². The third-order valence-corrected chi connectivity index (χ3v) is 5.15. The van der Waals surface area contributed by atoms with E-state index in [-0.39, 0.29) is 39.8 Å². The van der Waals surface area contributed by atoms with E-state index in [1.54, 1.807) is 6.92 Å². The normalized spacial score (nSPS) is 11.8. The molecule has 1 nitrogen and oxygen atoms in total. The highest BCUT2D eigenvalue weighted by Crippen LogP contribution is 2.37. The van der Waals surface area contributed by atoms with Crippen LogP contribution in [0.4, 0.5) is 30.7 Å². The lowest BCUT2D eigenvalue weighted by atomic mass is 9.96. The van der Waals surface area contributed by atoms with Gasteiger partial charge in [0.05, 0.1) is 17.7 Å². The van der Waals surface area contributed by atoms with E-state index in [0.717, 1.165) is 30.3 Å². The summed E-state index contributed by atoms with van der Waals surface area (Å²) in [5, 5.41) is -0.116. The number of hydrogen-bond donors (Lipinski definition) is 0. The van der Waals surface area contributed by atoms with Crippen LogP contribution in [-0.2, 0) is 6.18 Å². The minimum absolute atomic E-state index is 0.00502. The van der Waals surface area contributed by atoms with Gasteiger partial charge in [-0.05, 0) is 41.6 Å². The van der Waals surface area contributed by atoms with Gasteiger partial charge in [-0.3, -0.25) is 0 Å². The standard InChI is InChI=1S/C25H15F7O/c1-2-33-16-11-21(27)23(22(28)12-16)15-4-6-17(20(26)10-15)13-3-7-18-14(9-13)5-8-19(24(18)29)25(30,31)32/h3-12H,2H2,1H3. The molecule has 0 spiro atoms. The zero-order valence-corrected chi connectivity index (χ0v) is 17.0. The number of benzene rings is 4. The topological polar surface area (TPSA) is 9.23 Å². The highest BCUT2D eigenvalue weighted by Gasteiger charge is 2.34. The van der Waals surface area contributed by atoms with Crippen molar-refractivity contribution < 1.29 is 35.5 Å². The molecule has 0 aliphatic rings. The Morgan fingerprint density at radius 2 is 1.39 bits per heavy atom. The highest BCUT2D eigenvalue weighted by atomic mass is 19.4. The van der Waals surface area contributed by atoms with E-state index >= 15 is 0 Å². The molecule has 4 aromatic carbocycles. The van der Waals surface area contributed by atoms with Crippen LogP contribution in [0.15, 0.2) is 60.7 Å². The number of rotatable bonds is 4. The van der Waals surface area contributed by atoms with Crippen LogP contribution in [0, 0.1) is 23.3 Å². The van der Waals surface area contributed by atoms with E-state index < -0.39 is 40.6 Å². The average Bonchev–Trinajstić information content (AvgIpc) is 2.72. The van der Waals surface area contributed by atoms with Gasteiger partial charge in [0.1, 0.15) is 29.0 Å². The van der Waals surface area contributed by atoms with Gasteiger partial charge >= 0.3 is 6.18 Å². The van der Waals surface area contributed by atoms with E-state index in [0.29, 0.717) is 6.07 Å². The molecule has 4 rings (SSSR count). The SMILES string of the molecule is CCOc1cc(F)c(-c2ccc(-c3ccc4c(F)c(C(F)(F)F)ccc4c3)c(F)c2)c(F)c1. The van der Waals surface area contributed by atoms with E-state index in [1.807, 2.05) is 0 Å². The van der Waals surface area contributed by atoms with Gasteiger partial charge in [0.2, 0.25) is 0 Å². The summed E-state index contributed by atoms with van der Waals surface area (Å²) in [5.41, 5.74) is -1.57. The van der Waals surface area contributed by atoms with Gasteiger partial charge in [0.25, 0.3) is 0 Å². The summed E-state index contributed by atoms with van der Waals surface area (Å²) in [6.07, 6.45) is -4.84. The number of hydrogen-bond acceptors (Lipinski definition) is 1. The first-order valence-corrected chi connectivity index (χ1v) is 9.81. The van der Waals surface area contributed by atoms with Crippen molar-refractivity contribution in [3.05, 3.63) is 89.5 Å². The minimum Gasteiger partial charge on any atom is -0.494 e. The second-order valence-electron chi connectivity index (χ2n) is 7.25. The predicted molar refractivity (Wildman–Crippen MR) is 111 cm³/mol. The summed E-state index contributed by atoms with van der Waals surface area (Å²) in [5.74, 6) is -4.07. The summed E-state index contributed by atoms with van der Waals surface area (Å²) in [6.45, 7) is 1.88. The van der Waals surface area contributed by atoms with Gasteiger partial charge in [-0.1, -0.05) is 30.3 Å². The van der Waals surface area contributed by atoms with E-state index in [2.05, 4.69) is 0 Å². The molecule has 0 atom stereocenters.